The van der Waals surface area contributed by atoms with Gasteiger partial charge >= 0.3 is 0 Å². The summed E-state index contributed by atoms with van der Waals surface area (Å²) in [5, 5.41) is 9.83. The summed E-state index contributed by atoms with van der Waals surface area (Å²) in [5.41, 5.74) is 4.63. The molecule has 0 atom stereocenters. The zero-order valence-electron chi connectivity index (χ0n) is 17.7. The fourth-order valence-electron chi connectivity index (χ4n) is 3.62. The van der Waals surface area contributed by atoms with Crippen molar-refractivity contribution in [3.63, 3.8) is 0 Å². The lowest BCUT2D eigenvalue weighted by molar-refractivity contribution is 0.102. The van der Waals surface area contributed by atoms with Crippen LogP contribution < -0.4 is 5.32 Å². The van der Waals surface area contributed by atoms with Crippen molar-refractivity contribution in [3.05, 3.63) is 108 Å². The zero-order valence-corrected chi connectivity index (χ0v) is 18.5. The number of benzene rings is 3. The number of aromatic nitrogens is 3. The first-order chi connectivity index (χ1) is 16.1. The van der Waals surface area contributed by atoms with Crippen molar-refractivity contribution in [2.75, 3.05) is 5.32 Å². The molecule has 0 unspecified atom stereocenters. The second kappa shape index (κ2) is 8.80. The van der Waals surface area contributed by atoms with Crippen molar-refractivity contribution < 1.29 is 9.18 Å². The number of nitrogens with zero attached hydrogens (tertiary/aromatic N) is 3. The lowest BCUT2D eigenvalue weighted by Gasteiger charge is -2.10. The fourth-order valence-corrected chi connectivity index (χ4v) is 4.47. The van der Waals surface area contributed by atoms with E-state index in [0.717, 1.165) is 16.9 Å². The summed E-state index contributed by atoms with van der Waals surface area (Å²) < 4.78 is 15.9. The van der Waals surface area contributed by atoms with Gasteiger partial charge < -0.3 is 5.32 Å². The quantitative estimate of drug-likeness (QED) is 0.336. The van der Waals surface area contributed by atoms with Crippen LogP contribution in [0.15, 0.2) is 90.4 Å². The normalized spacial score (nSPS) is 10.8. The summed E-state index contributed by atoms with van der Waals surface area (Å²) in [6.07, 6.45) is 1.57. The molecule has 0 bridgehead atoms. The number of rotatable bonds is 5. The number of halogens is 1. The van der Waals surface area contributed by atoms with Crippen molar-refractivity contribution in [1.82, 2.24) is 14.8 Å². The molecule has 2 aromatic heterocycles. The Labute approximate surface area is 194 Å². The number of para-hydroxylation sites is 2. The van der Waals surface area contributed by atoms with Crippen LogP contribution in [0.25, 0.3) is 27.5 Å². The maximum atomic E-state index is 14.2. The molecule has 1 amide bonds. The first kappa shape index (κ1) is 20.8. The molecule has 5 rings (SSSR count). The van der Waals surface area contributed by atoms with E-state index in [4.69, 9.17) is 0 Å². The van der Waals surface area contributed by atoms with E-state index in [-0.39, 0.29) is 11.7 Å². The Morgan fingerprint density at radius 1 is 0.939 bits per heavy atom. The lowest BCUT2D eigenvalue weighted by atomic mass is 10.1. The molecule has 0 saturated carbocycles. The molecule has 162 valence electrons. The van der Waals surface area contributed by atoms with Gasteiger partial charge in [0, 0.05) is 16.5 Å². The van der Waals surface area contributed by atoms with Gasteiger partial charge in [0.1, 0.15) is 10.8 Å². The second-order valence-corrected chi connectivity index (χ2v) is 8.27. The predicted octanol–water partition coefficient (Wildman–Crippen LogP) is 6.36. The largest absolute Gasteiger partial charge is 0.321 e. The molecule has 2 heterocycles. The number of thiazole rings is 1. The van der Waals surface area contributed by atoms with Crippen LogP contribution >= 0.6 is 11.3 Å². The van der Waals surface area contributed by atoms with Crippen LogP contribution in [0.2, 0.25) is 0 Å². The van der Waals surface area contributed by atoms with Crippen LogP contribution in [0.1, 0.15) is 16.1 Å². The maximum Gasteiger partial charge on any atom is 0.259 e. The van der Waals surface area contributed by atoms with Crippen LogP contribution in [0.4, 0.5) is 10.1 Å². The van der Waals surface area contributed by atoms with E-state index < -0.39 is 0 Å². The van der Waals surface area contributed by atoms with Crippen molar-refractivity contribution >= 4 is 22.9 Å². The van der Waals surface area contributed by atoms with Crippen molar-refractivity contribution in [1.29, 1.82) is 0 Å². The molecule has 0 fully saturated rings. The minimum absolute atomic E-state index is 0.258. The highest BCUT2D eigenvalue weighted by molar-refractivity contribution is 7.13. The number of carbonyl (C=O) groups excluding carboxylic acids is 1. The van der Waals surface area contributed by atoms with Gasteiger partial charge in [-0.05, 0) is 37.3 Å². The molecule has 0 aliphatic heterocycles. The molecule has 0 aliphatic carbocycles. The Bertz CT molecular complexity index is 1440. The summed E-state index contributed by atoms with van der Waals surface area (Å²) in [4.78, 5) is 17.7. The second-order valence-electron chi connectivity index (χ2n) is 7.41. The van der Waals surface area contributed by atoms with Crippen LogP contribution in [0.5, 0.6) is 0 Å². The molecular weight excluding hydrogens is 435 g/mol. The number of anilines is 1. The number of nitrogens with one attached hydrogen (secondary N) is 1. The first-order valence-corrected chi connectivity index (χ1v) is 11.2. The molecule has 33 heavy (non-hydrogen) atoms. The molecule has 0 aliphatic rings. The summed E-state index contributed by atoms with van der Waals surface area (Å²) in [7, 11) is 0. The van der Waals surface area contributed by atoms with Gasteiger partial charge in [0.25, 0.3) is 5.91 Å². The van der Waals surface area contributed by atoms with E-state index in [1.54, 1.807) is 29.1 Å². The third kappa shape index (κ3) is 4.06. The van der Waals surface area contributed by atoms with E-state index >= 15 is 0 Å². The monoisotopic (exact) mass is 454 g/mol. The van der Waals surface area contributed by atoms with Gasteiger partial charge in [-0.15, -0.1) is 11.3 Å². The summed E-state index contributed by atoms with van der Waals surface area (Å²) in [6.45, 7) is 1.86. The highest BCUT2D eigenvalue weighted by atomic mass is 32.1. The van der Waals surface area contributed by atoms with Gasteiger partial charge in [-0.25, -0.2) is 14.1 Å². The molecule has 5 nitrogen and oxygen atoms in total. The van der Waals surface area contributed by atoms with Crippen molar-refractivity contribution in [3.8, 4) is 27.5 Å². The maximum absolute atomic E-state index is 14.2. The van der Waals surface area contributed by atoms with Crippen LogP contribution in [0, 0.1) is 12.7 Å². The SMILES string of the molecule is Cc1c(C(=O)Nc2ccccc2-c2csc(-c3ccccc3F)n2)cnn1-c1ccccc1. The minimum atomic E-state index is -0.314. The van der Waals surface area contributed by atoms with Gasteiger partial charge in [-0.3, -0.25) is 4.79 Å². The standard InChI is InChI=1S/C26H19FN4OS/c1-17-21(15-28-31(17)18-9-3-2-4-10-18)25(32)29-23-14-8-6-12-20(23)24-16-33-26(30-24)19-11-5-7-13-22(19)27/h2-16H,1H3,(H,29,32). The zero-order chi connectivity index (χ0) is 22.8. The molecule has 1 N–H and O–H groups in total. The van der Waals surface area contributed by atoms with Gasteiger partial charge in [-0.2, -0.15) is 5.10 Å². The molecule has 0 radical (unpaired) electrons. The smallest absolute Gasteiger partial charge is 0.259 e. The third-order valence-corrected chi connectivity index (χ3v) is 6.19. The van der Waals surface area contributed by atoms with Crippen LogP contribution in [-0.2, 0) is 0 Å². The third-order valence-electron chi connectivity index (χ3n) is 5.31. The Hall–Kier alpha value is -4.10. The van der Waals surface area contributed by atoms with Gasteiger partial charge in [0.2, 0.25) is 0 Å². The highest BCUT2D eigenvalue weighted by Crippen LogP contribution is 2.34. The van der Waals surface area contributed by atoms with Gasteiger partial charge in [0.05, 0.1) is 34.5 Å². The molecule has 0 saturated heterocycles. The van der Waals surface area contributed by atoms with E-state index in [9.17, 15) is 9.18 Å². The molecule has 7 heteroatoms. The Morgan fingerprint density at radius 2 is 1.64 bits per heavy atom. The summed E-state index contributed by atoms with van der Waals surface area (Å²) in [6, 6.07) is 23.7. The van der Waals surface area contributed by atoms with Crippen LogP contribution in [-0.4, -0.2) is 20.7 Å². The van der Waals surface area contributed by atoms with Gasteiger partial charge in [0.15, 0.2) is 0 Å². The molecule has 3 aromatic carbocycles. The molecule has 5 aromatic rings. The van der Waals surface area contributed by atoms with E-state index in [1.165, 1.54) is 17.4 Å². The number of hydrogen-bond donors (Lipinski definition) is 1. The summed E-state index contributed by atoms with van der Waals surface area (Å²) in [5.74, 6) is -0.572. The molecule has 0 spiro atoms. The van der Waals surface area contributed by atoms with E-state index in [0.29, 0.717) is 27.5 Å². The minimum Gasteiger partial charge on any atom is -0.321 e. The Kier molecular flexibility index (Phi) is 5.54. The van der Waals surface area contributed by atoms with Crippen molar-refractivity contribution in [2.45, 2.75) is 6.92 Å². The number of carbonyl (C=O) groups is 1. The Morgan fingerprint density at radius 3 is 2.42 bits per heavy atom. The molecular formula is C26H19FN4OS. The average Bonchev–Trinajstić information content (AvgIpc) is 3.47. The van der Waals surface area contributed by atoms with Crippen molar-refractivity contribution in [2.24, 2.45) is 0 Å². The summed E-state index contributed by atoms with van der Waals surface area (Å²) >= 11 is 1.36. The lowest BCUT2D eigenvalue weighted by Crippen LogP contribution is -2.13. The number of hydrogen-bond acceptors (Lipinski definition) is 4. The van der Waals surface area contributed by atoms with Gasteiger partial charge in [-0.1, -0.05) is 48.5 Å². The predicted molar refractivity (Wildman–Crippen MR) is 129 cm³/mol. The van der Waals surface area contributed by atoms with E-state index in [1.807, 2.05) is 66.9 Å². The Balaban J connectivity index is 1.44. The van der Waals surface area contributed by atoms with E-state index in [2.05, 4.69) is 15.4 Å². The average molecular weight is 455 g/mol. The number of amides is 1. The fraction of sp³-hybridized carbons (Fsp3) is 0.0385. The highest BCUT2D eigenvalue weighted by Gasteiger charge is 2.18. The van der Waals surface area contributed by atoms with Crippen LogP contribution in [0.3, 0.4) is 0 Å². The first-order valence-electron chi connectivity index (χ1n) is 10.3. The topological polar surface area (TPSA) is 59.8 Å².